The van der Waals surface area contributed by atoms with Gasteiger partial charge in [-0.3, -0.25) is 10.2 Å². The van der Waals surface area contributed by atoms with Crippen LogP contribution in [0.1, 0.15) is 48.8 Å². The molecule has 6 N–H and O–H groups in total. The van der Waals surface area contributed by atoms with Gasteiger partial charge in [0.2, 0.25) is 0 Å². The minimum atomic E-state index is -0.836. The Balaban J connectivity index is 1.44. The third kappa shape index (κ3) is 6.38. The normalized spacial score (nSPS) is 23.9. The summed E-state index contributed by atoms with van der Waals surface area (Å²) in [7, 11) is 4.09. The number of hydroxylamine groups is 2. The van der Waals surface area contributed by atoms with Crippen LogP contribution in [-0.2, 0) is 17.8 Å². The summed E-state index contributed by atoms with van der Waals surface area (Å²) in [5.74, 6) is 0.463. The fourth-order valence-electron chi connectivity index (χ4n) is 6.20. The molecule has 1 heterocycles. The summed E-state index contributed by atoms with van der Waals surface area (Å²) < 4.78 is 5.16. The molecule has 1 saturated carbocycles. The summed E-state index contributed by atoms with van der Waals surface area (Å²) in [4.78, 5) is 15.8. The Labute approximate surface area is 242 Å². The molecule has 0 bridgehead atoms. The van der Waals surface area contributed by atoms with E-state index in [9.17, 15) is 10.0 Å². The molecule has 1 aliphatic heterocycles. The lowest BCUT2D eigenvalue weighted by atomic mass is 9.91. The van der Waals surface area contributed by atoms with Crippen molar-refractivity contribution in [2.75, 3.05) is 27.2 Å². The van der Waals surface area contributed by atoms with Crippen LogP contribution < -0.4 is 26.2 Å². The zero-order valence-electron chi connectivity index (χ0n) is 24.1. The molecule has 3 aromatic carbocycles. The topological polar surface area (TPSA) is 141 Å². The van der Waals surface area contributed by atoms with Crippen molar-refractivity contribution < 1.29 is 9.53 Å². The Morgan fingerprint density at radius 1 is 1.12 bits per heavy atom. The van der Waals surface area contributed by atoms with Crippen molar-refractivity contribution in [1.82, 2.24) is 14.9 Å². The number of carbonyl (C=O) groups is 1. The Hall–Kier alpha value is -3.50. The van der Waals surface area contributed by atoms with Gasteiger partial charge in [-0.05, 0) is 69.1 Å². The minimum Gasteiger partial charge on any atom is -0.627 e. The molecule has 2 unspecified atom stereocenters. The molecule has 5 rings (SSSR count). The van der Waals surface area contributed by atoms with Crippen molar-refractivity contribution in [1.29, 1.82) is 5.41 Å². The molecule has 3 aromatic rings. The van der Waals surface area contributed by atoms with Crippen LogP contribution in [0.4, 0.5) is 5.69 Å². The number of benzene rings is 3. The Morgan fingerprint density at radius 3 is 2.63 bits per heavy atom. The second kappa shape index (κ2) is 12.2. The molecule has 0 radical (unpaired) electrons. The predicted octanol–water partition coefficient (Wildman–Crippen LogP) is 3.77. The first-order valence-corrected chi connectivity index (χ1v) is 14.6. The van der Waals surface area contributed by atoms with E-state index in [-0.39, 0.29) is 30.4 Å². The largest absolute Gasteiger partial charge is 0.627 e. The molecule has 0 saturated heterocycles. The van der Waals surface area contributed by atoms with E-state index in [2.05, 4.69) is 10.2 Å². The highest BCUT2D eigenvalue weighted by Gasteiger charge is 2.46. The third-order valence-corrected chi connectivity index (χ3v) is 8.51. The molecule has 41 heavy (non-hydrogen) atoms. The number of hydrogen-bond donors (Lipinski definition) is 4. The van der Waals surface area contributed by atoms with Gasteiger partial charge in [-0.1, -0.05) is 36.4 Å². The van der Waals surface area contributed by atoms with Gasteiger partial charge in [0.15, 0.2) is 6.04 Å². The number of quaternary nitrogens is 1. The summed E-state index contributed by atoms with van der Waals surface area (Å²) in [6.07, 6.45) is 4.65. The van der Waals surface area contributed by atoms with E-state index in [0.29, 0.717) is 24.3 Å². The summed E-state index contributed by atoms with van der Waals surface area (Å²) in [5.41, 5.74) is 14.5. The number of carbonyl (C=O) groups excluding carboxylic acids is 1. The van der Waals surface area contributed by atoms with E-state index in [1.807, 2.05) is 56.6 Å². The smallest absolute Gasteiger partial charge is 0.279 e. The maximum absolute atomic E-state index is 15.0. The van der Waals surface area contributed by atoms with Gasteiger partial charge in [-0.2, -0.15) is 0 Å². The van der Waals surface area contributed by atoms with Crippen LogP contribution in [-0.4, -0.2) is 62.0 Å². The van der Waals surface area contributed by atoms with Crippen LogP contribution in [0.3, 0.4) is 0 Å². The Kier molecular flexibility index (Phi) is 8.60. The standard InChI is InChI=1S/C32H42N6O3/c1-37(2)15-4-16-41-27-13-14-28-21(17-27)5-3-6-24(28)20-38(40)29-19-23(31(34)35)8-7-22(29)18-30(38)32(39)36-26-11-9-25(33)10-12-26/h3,5-8,13-14,17,19,25-26,30H,4,9-12,15-16,18,20,33H2,1-2H3,(H3,34,35)(H,36,39). The van der Waals surface area contributed by atoms with Gasteiger partial charge in [0.1, 0.15) is 23.8 Å². The lowest BCUT2D eigenvalue weighted by molar-refractivity contribution is -0.126. The Morgan fingerprint density at radius 2 is 1.90 bits per heavy atom. The fraction of sp³-hybridized carbons (Fsp3) is 0.438. The average molecular weight is 559 g/mol. The lowest BCUT2D eigenvalue weighted by Crippen LogP contribution is -2.57. The molecule has 1 amide bonds. The number of fused-ring (bicyclic) bond motifs is 2. The monoisotopic (exact) mass is 558 g/mol. The van der Waals surface area contributed by atoms with Crippen molar-refractivity contribution in [2.24, 2.45) is 11.5 Å². The molecular formula is C32H42N6O3. The van der Waals surface area contributed by atoms with Crippen molar-refractivity contribution in [3.8, 4) is 5.75 Å². The number of nitrogens with one attached hydrogen (secondary N) is 2. The van der Waals surface area contributed by atoms with E-state index in [4.69, 9.17) is 21.6 Å². The molecule has 0 aromatic heterocycles. The number of nitrogen functional groups attached to an aromatic ring is 1. The fourth-order valence-corrected chi connectivity index (χ4v) is 6.20. The zero-order chi connectivity index (χ0) is 29.1. The second-order valence-corrected chi connectivity index (χ2v) is 11.9. The molecule has 1 fully saturated rings. The van der Waals surface area contributed by atoms with E-state index < -0.39 is 10.7 Å². The van der Waals surface area contributed by atoms with Crippen molar-refractivity contribution in [2.45, 2.75) is 63.2 Å². The molecule has 9 heteroatoms. The van der Waals surface area contributed by atoms with Crippen LogP contribution >= 0.6 is 0 Å². The number of hydrogen-bond acceptors (Lipinski definition) is 6. The van der Waals surface area contributed by atoms with Crippen LogP contribution in [0.15, 0.2) is 54.6 Å². The van der Waals surface area contributed by atoms with Crippen LogP contribution in [0.25, 0.3) is 10.8 Å². The first-order valence-electron chi connectivity index (χ1n) is 14.6. The highest BCUT2D eigenvalue weighted by Crippen LogP contribution is 2.42. The predicted molar refractivity (Wildman–Crippen MR) is 165 cm³/mol. The molecular weight excluding hydrogens is 516 g/mol. The summed E-state index contributed by atoms with van der Waals surface area (Å²) >= 11 is 0. The third-order valence-electron chi connectivity index (χ3n) is 8.51. The lowest BCUT2D eigenvalue weighted by Gasteiger charge is -2.44. The number of amides is 1. The molecule has 2 atom stereocenters. The Bertz CT molecular complexity index is 1420. The van der Waals surface area contributed by atoms with Crippen molar-refractivity contribution in [3.05, 3.63) is 76.5 Å². The van der Waals surface area contributed by atoms with E-state index in [1.54, 1.807) is 12.1 Å². The van der Waals surface area contributed by atoms with Crippen LogP contribution in [0.5, 0.6) is 5.75 Å². The maximum atomic E-state index is 15.0. The summed E-state index contributed by atoms with van der Waals surface area (Å²) in [6, 6.07) is 16.5. The summed E-state index contributed by atoms with van der Waals surface area (Å²) in [5, 5.41) is 28.0. The van der Waals surface area contributed by atoms with Gasteiger partial charge >= 0.3 is 0 Å². The number of ether oxygens (including phenoxy) is 1. The van der Waals surface area contributed by atoms with E-state index in [1.165, 1.54) is 0 Å². The maximum Gasteiger partial charge on any atom is 0.279 e. The van der Waals surface area contributed by atoms with E-state index in [0.717, 1.165) is 66.3 Å². The number of nitrogens with zero attached hydrogens (tertiary/aromatic N) is 2. The molecule has 1 aliphatic carbocycles. The van der Waals surface area contributed by atoms with Crippen LogP contribution in [0, 0.1) is 10.6 Å². The van der Waals surface area contributed by atoms with E-state index >= 15 is 0 Å². The molecule has 2 aliphatic rings. The van der Waals surface area contributed by atoms with Crippen molar-refractivity contribution in [3.63, 3.8) is 0 Å². The summed E-state index contributed by atoms with van der Waals surface area (Å²) in [6.45, 7) is 1.67. The highest BCUT2D eigenvalue weighted by molar-refractivity contribution is 5.97. The van der Waals surface area contributed by atoms with Gasteiger partial charge in [0.25, 0.3) is 5.91 Å². The average Bonchev–Trinajstić information content (AvgIpc) is 3.23. The molecule has 0 spiro atoms. The van der Waals surface area contributed by atoms with Gasteiger partial charge in [-0.25, -0.2) is 0 Å². The quantitative estimate of drug-likeness (QED) is 0.0982. The van der Waals surface area contributed by atoms with Gasteiger partial charge in [0, 0.05) is 47.8 Å². The zero-order valence-corrected chi connectivity index (χ0v) is 24.1. The van der Waals surface area contributed by atoms with Gasteiger partial charge in [-0.15, -0.1) is 0 Å². The first-order chi connectivity index (χ1) is 19.6. The van der Waals surface area contributed by atoms with Gasteiger partial charge < -0.3 is 36.3 Å². The SMILES string of the molecule is CN(C)CCCOc1ccc2c(C[N+]3([O-])c4cc(C(=N)N)ccc4CC3C(=O)NC3CCC(N)CC3)cccc2c1. The molecule has 9 nitrogen and oxygen atoms in total. The number of nitrogens with two attached hydrogens (primary N) is 2. The minimum absolute atomic E-state index is 0.0287. The second-order valence-electron chi connectivity index (χ2n) is 11.9. The molecule has 218 valence electrons. The first kappa shape index (κ1) is 29.0. The van der Waals surface area contributed by atoms with Gasteiger partial charge in [0.05, 0.1) is 6.61 Å². The van der Waals surface area contributed by atoms with Crippen LogP contribution in [0.2, 0.25) is 0 Å². The number of rotatable bonds is 10. The number of amidine groups is 1. The highest BCUT2D eigenvalue weighted by atomic mass is 16.6. The van der Waals surface area contributed by atoms with Crippen molar-refractivity contribution >= 4 is 28.2 Å².